The minimum Gasteiger partial charge on any atom is -0.303 e. The summed E-state index contributed by atoms with van der Waals surface area (Å²) in [6, 6.07) is 0. The van der Waals surface area contributed by atoms with Crippen LogP contribution in [-0.2, 0) is 0 Å². The highest BCUT2D eigenvalue weighted by Crippen LogP contribution is 2.01. The molecule has 0 aliphatic rings. The van der Waals surface area contributed by atoms with E-state index in [2.05, 4.69) is 41.6 Å². The predicted molar refractivity (Wildman–Crippen MR) is 55.4 cm³/mol. The summed E-state index contributed by atoms with van der Waals surface area (Å²) in [5, 5.41) is 1.10. The van der Waals surface area contributed by atoms with Crippen LogP contribution in [0.3, 0.4) is 0 Å². The van der Waals surface area contributed by atoms with E-state index in [1.165, 1.54) is 26.1 Å². The van der Waals surface area contributed by atoms with E-state index >= 15 is 0 Å². The molecule has 2 heteroatoms. The van der Waals surface area contributed by atoms with Crippen molar-refractivity contribution in [1.82, 2.24) is 4.90 Å². The topological polar surface area (TPSA) is 3.24 Å². The highest BCUT2D eigenvalue weighted by molar-refractivity contribution is 9.09. The van der Waals surface area contributed by atoms with Gasteiger partial charge in [-0.15, -0.1) is 0 Å². The summed E-state index contributed by atoms with van der Waals surface area (Å²) in [5.74, 6) is 0.833. The second-order valence-electron chi connectivity index (χ2n) is 3.31. The molecule has 0 heterocycles. The zero-order valence-electron chi connectivity index (χ0n) is 7.94. The second-order valence-corrected chi connectivity index (χ2v) is 4.10. The lowest BCUT2D eigenvalue weighted by molar-refractivity contribution is 0.287. The first-order valence-electron chi connectivity index (χ1n) is 4.49. The van der Waals surface area contributed by atoms with E-state index in [1.807, 2.05) is 0 Å². The molecule has 0 saturated heterocycles. The molecule has 0 fully saturated rings. The molecule has 0 amide bonds. The summed E-state index contributed by atoms with van der Waals surface area (Å²) in [7, 11) is 0. The summed E-state index contributed by atoms with van der Waals surface area (Å²) in [5.41, 5.74) is 0. The summed E-state index contributed by atoms with van der Waals surface area (Å²) in [6.45, 7) is 10.4. The fourth-order valence-corrected chi connectivity index (χ4v) is 1.49. The minimum absolute atomic E-state index is 0.833. The van der Waals surface area contributed by atoms with E-state index in [4.69, 9.17) is 0 Å². The lowest BCUT2D eigenvalue weighted by atomic mass is 10.1. The third kappa shape index (κ3) is 6.82. The molecular formula is C9H20BrN. The van der Waals surface area contributed by atoms with Crippen LogP contribution in [0.4, 0.5) is 0 Å². The molecule has 1 nitrogen and oxygen atoms in total. The Morgan fingerprint density at radius 3 is 2.27 bits per heavy atom. The Bertz CT molecular complexity index is 83.6. The van der Waals surface area contributed by atoms with Crippen LogP contribution in [0.1, 0.15) is 27.2 Å². The van der Waals surface area contributed by atoms with Crippen molar-refractivity contribution in [1.29, 1.82) is 0 Å². The molecule has 0 aromatic rings. The monoisotopic (exact) mass is 221 g/mol. The maximum absolute atomic E-state index is 3.46. The lowest BCUT2D eigenvalue weighted by Crippen LogP contribution is -2.27. The van der Waals surface area contributed by atoms with E-state index in [1.54, 1.807) is 0 Å². The van der Waals surface area contributed by atoms with Gasteiger partial charge in [0.1, 0.15) is 0 Å². The number of hydrogen-bond acceptors (Lipinski definition) is 1. The average Bonchev–Trinajstić information content (AvgIpc) is 1.97. The molecule has 0 atom stereocenters. The van der Waals surface area contributed by atoms with Crippen LogP contribution in [0.15, 0.2) is 0 Å². The Morgan fingerprint density at radius 1 is 1.27 bits per heavy atom. The van der Waals surface area contributed by atoms with Gasteiger partial charge >= 0.3 is 0 Å². The van der Waals surface area contributed by atoms with Crippen LogP contribution in [0, 0.1) is 5.92 Å². The van der Waals surface area contributed by atoms with E-state index in [0.29, 0.717) is 0 Å². The Kier molecular flexibility index (Phi) is 7.39. The second kappa shape index (κ2) is 7.11. The van der Waals surface area contributed by atoms with Gasteiger partial charge in [0.2, 0.25) is 0 Å². The normalized spacial score (nSPS) is 11.5. The van der Waals surface area contributed by atoms with Crippen LogP contribution in [-0.4, -0.2) is 29.9 Å². The van der Waals surface area contributed by atoms with Crippen molar-refractivity contribution in [2.45, 2.75) is 27.2 Å². The van der Waals surface area contributed by atoms with Gasteiger partial charge in [-0.25, -0.2) is 0 Å². The molecular weight excluding hydrogens is 202 g/mol. The third-order valence-electron chi connectivity index (χ3n) is 1.87. The number of halogens is 1. The highest BCUT2D eigenvalue weighted by Gasteiger charge is 2.01. The maximum atomic E-state index is 3.46. The smallest absolute Gasteiger partial charge is 0.0159 e. The number of rotatable bonds is 6. The molecule has 0 radical (unpaired) electrons. The van der Waals surface area contributed by atoms with E-state index in [9.17, 15) is 0 Å². The molecule has 0 saturated carbocycles. The van der Waals surface area contributed by atoms with Crippen LogP contribution >= 0.6 is 15.9 Å². The minimum atomic E-state index is 0.833. The van der Waals surface area contributed by atoms with Gasteiger partial charge in [-0.05, 0) is 25.4 Å². The van der Waals surface area contributed by atoms with Gasteiger partial charge in [-0.2, -0.15) is 0 Å². The van der Waals surface area contributed by atoms with Crippen molar-refractivity contribution < 1.29 is 0 Å². The van der Waals surface area contributed by atoms with Crippen molar-refractivity contribution in [2.24, 2.45) is 5.92 Å². The van der Waals surface area contributed by atoms with Crippen LogP contribution in [0.25, 0.3) is 0 Å². The Balaban J connectivity index is 3.35. The van der Waals surface area contributed by atoms with Gasteiger partial charge in [0, 0.05) is 11.9 Å². The Morgan fingerprint density at radius 2 is 1.91 bits per heavy atom. The van der Waals surface area contributed by atoms with E-state index in [-0.39, 0.29) is 0 Å². The van der Waals surface area contributed by atoms with Gasteiger partial charge < -0.3 is 4.90 Å². The summed E-state index contributed by atoms with van der Waals surface area (Å²) in [4.78, 5) is 2.48. The first kappa shape index (κ1) is 11.4. The molecule has 0 bridgehead atoms. The van der Waals surface area contributed by atoms with Crippen molar-refractivity contribution in [2.75, 3.05) is 25.0 Å². The molecule has 11 heavy (non-hydrogen) atoms. The lowest BCUT2D eigenvalue weighted by Gasteiger charge is -2.19. The van der Waals surface area contributed by atoms with Crippen LogP contribution < -0.4 is 0 Å². The standard InChI is InChI=1S/C9H20BrN/c1-4-11(8-6-10)7-5-9(2)3/h9H,4-8H2,1-3H3. The summed E-state index contributed by atoms with van der Waals surface area (Å²) < 4.78 is 0. The van der Waals surface area contributed by atoms with Crippen molar-refractivity contribution in [3.8, 4) is 0 Å². The molecule has 0 aliphatic carbocycles. The van der Waals surface area contributed by atoms with E-state index in [0.717, 1.165) is 11.2 Å². The summed E-state index contributed by atoms with van der Waals surface area (Å²) in [6.07, 6.45) is 1.32. The zero-order valence-corrected chi connectivity index (χ0v) is 9.52. The Hall–Kier alpha value is 0.440. The van der Waals surface area contributed by atoms with Crippen molar-refractivity contribution in [3.05, 3.63) is 0 Å². The fourth-order valence-electron chi connectivity index (χ4n) is 0.988. The first-order chi connectivity index (χ1) is 5.20. The summed E-state index contributed by atoms with van der Waals surface area (Å²) >= 11 is 3.46. The van der Waals surface area contributed by atoms with Crippen molar-refractivity contribution >= 4 is 15.9 Å². The van der Waals surface area contributed by atoms with Gasteiger partial charge in [0.25, 0.3) is 0 Å². The van der Waals surface area contributed by atoms with Crippen LogP contribution in [0.2, 0.25) is 0 Å². The third-order valence-corrected chi connectivity index (χ3v) is 2.23. The Labute approximate surface area is 79.3 Å². The average molecular weight is 222 g/mol. The highest BCUT2D eigenvalue weighted by atomic mass is 79.9. The zero-order chi connectivity index (χ0) is 8.69. The molecule has 68 valence electrons. The maximum Gasteiger partial charge on any atom is 0.0159 e. The molecule has 0 N–H and O–H groups in total. The predicted octanol–water partition coefficient (Wildman–Crippen LogP) is 2.75. The first-order valence-corrected chi connectivity index (χ1v) is 5.61. The number of alkyl halides is 1. The van der Waals surface area contributed by atoms with Gasteiger partial charge in [0.15, 0.2) is 0 Å². The van der Waals surface area contributed by atoms with E-state index < -0.39 is 0 Å². The van der Waals surface area contributed by atoms with Gasteiger partial charge in [-0.1, -0.05) is 36.7 Å². The van der Waals surface area contributed by atoms with Gasteiger partial charge in [0.05, 0.1) is 0 Å². The molecule has 0 rings (SSSR count). The molecule has 0 aromatic heterocycles. The fraction of sp³-hybridized carbons (Fsp3) is 1.00. The SMILES string of the molecule is CCN(CCBr)CCC(C)C. The number of hydrogen-bond donors (Lipinski definition) is 0. The van der Waals surface area contributed by atoms with Gasteiger partial charge in [-0.3, -0.25) is 0 Å². The quantitative estimate of drug-likeness (QED) is 0.624. The molecule has 0 spiro atoms. The van der Waals surface area contributed by atoms with Crippen molar-refractivity contribution in [3.63, 3.8) is 0 Å². The van der Waals surface area contributed by atoms with Crippen LogP contribution in [0.5, 0.6) is 0 Å². The largest absolute Gasteiger partial charge is 0.303 e. The molecule has 0 aliphatic heterocycles. The molecule has 0 unspecified atom stereocenters. The molecule has 0 aromatic carbocycles. The number of nitrogens with zero attached hydrogens (tertiary/aromatic N) is 1.